The van der Waals surface area contributed by atoms with E-state index >= 15 is 0 Å². The van der Waals surface area contributed by atoms with Crippen LogP contribution in [0.15, 0.2) is 24.5 Å². The zero-order valence-corrected chi connectivity index (χ0v) is 9.45. The van der Waals surface area contributed by atoms with Crippen LogP contribution in [0.25, 0.3) is 0 Å². The lowest BCUT2D eigenvalue weighted by atomic mass is 10.00. The Bertz CT molecular complexity index is 278. The molecule has 1 aliphatic carbocycles. The molecule has 0 aliphatic heterocycles. The number of hydrogen-bond donors (Lipinski definition) is 1. The van der Waals surface area contributed by atoms with E-state index in [2.05, 4.69) is 23.3 Å². The summed E-state index contributed by atoms with van der Waals surface area (Å²) >= 11 is 0. The number of aromatic nitrogens is 1. The van der Waals surface area contributed by atoms with Crippen molar-refractivity contribution in [3.63, 3.8) is 0 Å². The largest absolute Gasteiger partial charge is 0.310 e. The van der Waals surface area contributed by atoms with Gasteiger partial charge in [0.05, 0.1) is 0 Å². The van der Waals surface area contributed by atoms with Crippen LogP contribution in [-0.4, -0.2) is 11.0 Å². The van der Waals surface area contributed by atoms with E-state index in [1.165, 1.54) is 31.2 Å². The van der Waals surface area contributed by atoms with Gasteiger partial charge in [0.1, 0.15) is 0 Å². The predicted molar refractivity (Wildman–Crippen MR) is 62.5 cm³/mol. The first-order chi connectivity index (χ1) is 7.36. The quantitative estimate of drug-likeness (QED) is 0.815. The van der Waals surface area contributed by atoms with Crippen molar-refractivity contribution in [1.29, 1.82) is 0 Å². The van der Waals surface area contributed by atoms with E-state index in [9.17, 15) is 0 Å². The summed E-state index contributed by atoms with van der Waals surface area (Å²) in [6, 6.07) is 4.77. The van der Waals surface area contributed by atoms with Crippen LogP contribution in [0.2, 0.25) is 0 Å². The second kappa shape index (κ2) is 5.26. The Kier molecular flexibility index (Phi) is 3.73. The maximum absolute atomic E-state index is 4.12. The Morgan fingerprint density at radius 1 is 1.47 bits per heavy atom. The zero-order chi connectivity index (χ0) is 10.5. The van der Waals surface area contributed by atoms with Crippen molar-refractivity contribution in [3.8, 4) is 0 Å². The van der Waals surface area contributed by atoms with Crippen LogP contribution in [0.5, 0.6) is 0 Å². The topological polar surface area (TPSA) is 24.9 Å². The molecular weight excluding hydrogens is 184 g/mol. The van der Waals surface area contributed by atoms with Crippen LogP contribution < -0.4 is 5.32 Å². The molecule has 1 N–H and O–H groups in total. The third-order valence-corrected chi connectivity index (χ3v) is 3.46. The fraction of sp³-hybridized carbons (Fsp3) is 0.615. The zero-order valence-electron chi connectivity index (χ0n) is 9.45. The third-order valence-electron chi connectivity index (χ3n) is 3.46. The van der Waals surface area contributed by atoms with Gasteiger partial charge < -0.3 is 5.32 Å². The summed E-state index contributed by atoms with van der Waals surface area (Å²) in [7, 11) is 0. The maximum atomic E-state index is 4.12. The molecule has 0 amide bonds. The van der Waals surface area contributed by atoms with Crippen LogP contribution in [-0.2, 0) is 6.54 Å². The second-order valence-corrected chi connectivity index (χ2v) is 4.58. The molecular formula is C13H20N2. The van der Waals surface area contributed by atoms with Crippen molar-refractivity contribution in [2.24, 2.45) is 5.92 Å². The first kappa shape index (κ1) is 10.6. The number of nitrogens with zero attached hydrogens (tertiary/aromatic N) is 1. The van der Waals surface area contributed by atoms with Gasteiger partial charge in [-0.15, -0.1) is 0 Å². The molecule has 1 saturated carbocycles. The molecule has 1 aromatic rings. The van der Waals surface area contributed by atoms with Gasteiger partial charge in [-0.3, -0.25) is 4.98 Å². The molecule has 0 radical (unpaired) electrons. The number of nitrogens with one attached hydrogen (secondary N) is 1. The lowest BCUT2D eigenvalue weighted by molar-refractivity contribution is 0.380. The number of rotatable bonds is 4. The molecule has 2 rings (SSSR count). The van der Waals surface area contributed by atoms with Crippen molar-refractivity contribution in [2.45, 2.75) is 45.2 Å². The summed E-state index contributed by atoms with van der Waals surface area (Å²) in [6.45, 7) is 3.26. The van der Waals surface area contributed by atoms with Gasteiger partial charge in [-0.2, -0.15) is 0 Å². The lowest BCUT2D eigenvalue weighted by Crippen LogP contribution is -2.31. The minimum atomic E-state index is 0.646. The van der Waals surface area contributed by atoms with E-state index in [0.29, 0.717) is 6.04 Å². The van der Waals surface area contributed by atoms with Gasteiger partial charge in [-0.25, -0.2) is 0 Å². The van der Waals surface area contributed by atoms with Gasteiger partial charge in [0.25, 0.3) is 0 Å². The number of hydrogen-bond acceptors (Lipinski definition) is 2. The number of pyridine rings is 1. The fourth-order valence-corrected chi connectivity index (χ4v) is 2.41. The second-order valence-electron chi connectivity index (χ2n) is 4.58. The Balaban J connectivity index is 1.77. The Hall–Kier alpha value is -0.890. The first-order valence-electron chi connectivity index (χ1n) is 5.98. The highest BCUT2D eigenvalue weighted by atomic mass is 14.9. The summed E-state index contributed by atoms with van der Waals surface area (Å²) in [6.07, 6.45) is 9.41. The van der Waals surface area contributed by atoms with Crippen LogP contribution in [0.3, 0.4) is 0 Å². The summed E-state index contributed by atoms with van der Waals surface area (Å²) < 4.78 is 0. The molecule has 1 aliphatic rings. The van der Waals surface area contributed by atoms with Crippen molar-refractivity contribution in [2.75, 3.05) is 0 Å². The van der Waals surface area contributed by atoms with Crippen molar-refractivity contribution >= 4 is 0 Å². The summed E-state index contributed by atoms with van der Waals surface area (Å²) in [5.74, 6) is 0.890. The van der Waals surface area contributed by atoms with Gasteiger partial charge in [-0.1, -0.05) is 18.9 Å². The van der Waals surface area contributed by atoms with Crippen LogP contribution >= 0.6 is 0 Å². The van der Waals surface area contributed by atoms with E-state index in [0.717, 1.165) is 12.5 Å². The van der Waals surface area contributed by atoms with Gasteiger partial charge in [0.15, 0.2) is 0 Å². The summed E-state index contributed by atoms with van der Waals surface area (Å²) in [5, 5.41) is 3.60. The maximum Gasteiger partial charge on any atom is 0.0312 e. The first-order valence-corrected chi connectivity index (χ1v) is 5.98. The van der Waals surface area contributed by atoms with Crippen LogP contribution in [0, 0.1) is 5.92 Å². The van der Waals surface area contributed by atoms with E-state index in [1.54, 1.807) is 0 Å². The Labute approximate surface area is 92.1 Å². The molecule has 15 heavy (non-hydrogen) atoms. The molecule has 1 fully saturated rings. The molecule has 1 atom stereocenters. The smallest absolute Gasteiger partial charge is 0.0312 e. The average Bonchev–Trinajstić information content (AvgIpc) is 2.81. The van der Waals surface area contributed by atoms with Crippen molar-refractivity contribution < 1.29 is 0 Å². The summed E-state index contributed by atoms with van der Waals surface area (Å²) in [5.41, 5.74) is 1.28. The van der Waals surface area contributed by atoms with Crippen molar-refractivity contribution in [1.82, 2.24) is 10.3 Å². The van der Waals surface area contributed by atoms with E-state index in [1.807, 2.05) is 18.5 Å². The van der Waals surface area contributed by atoms with E-state index < -0.39 is 0 Å². The lowest BCUT2D eigenvalue weighted by Gasteiger charge is -2.20. The molecule has 2 heteroatoms. The molecule has 1 aromatic heterocycles. The minimum Gasteiger partial charge on any atom is -0.310 e. The third kappa shape index (κ3) is 3.03. The normalized spacial score (nSPS) is 19.3. The molecule has 1 heterocycles. The van der Waals surface area contributed by atoms with Gasteiger partial charge in [0, 0.05) is 25.0 Å². The Morgan fingerprint density at radius 2 is 2.27 bits per heavy atom. The van der Waals surface area contributed by atoms with E-state index in [4.69, 9.17) is 0 Å². The molecule has 1 unspecified atom stereocenters. The standard InChI is InChI=1S/C13H20N2/c1-11(13-6-2-3-7-13)15-10-12-5-4-8-14-9-12/h4-5,8-9,11,13,15H,2-3,6-7,10H2,1H3. The summed E-state index contributed by atoms with van der Waals surface area (Å²) in [4.78, 5) is 4.12. The van der Waals surface area contributed by atoms with Crippen molar-refractivity contribution in [3.05, 3.63) is 30.1 Å². The Morgan fingerprint density at radius 3 is 2.93 bits per heavy atom. The van der Waals surface area contributed by atoms with Gasteiger partial charge in [-0.05, 0) is 37.3 Å². The monoisotopic (exact) mass is 204 g/mol. The molecule has 0 spiro atoms. The molecule has 0 aromatic carbocycles. The predicted octanol–water partition coefficient (Wildman–Crippen LogP) is 2.75. The highest BCUT2D eigenvalue weighted by Gasteiger charge is 2.20. The minimum absolute atomic E-state index is 0.646. The highest BCUT2D eigenvalue weighted by Crippen LogP contribution is 2.27. The van der Waals surface area contributed by atoms with E-state index in [-0.39, 0.29) is 0 Å². The highest BCUT2D eigenvalue weighted by molar-refractivity contribution is 5.08. The molecule has 2 nitrogen and oxygen atoms in total. The van der Waals surface area contributed by atoms with Crippen LogP contribution in [0.1, 0.15) is 38.2 Å². The van der Waals surface area contributed by atoms with Crippen LogP contribution in [0.4, 0.5) is 0 Å². The van der Waals surface area contributed by atoms with Gasteiger partial charge in [0.2, 0.25) is 0 Å². The molecule has 0 saturated heterocycles. The molecule has 82 valence electrons. The SMILES string of the molecule is CC(NCc1cccnc1)C1CCCC1. The fourth-order valence-electron chi connectivity index (χ4n) is 2.41. The molecule has 0 bridgehead atoms. The average molecular weight is 204 g/mol. The van der Waals surface area contributed by atoms with Gasteiger partial charge >= 0.3 is 0 Å².